The van der Waals surface area contributed by atoms with Gasteiger partial charge in [-0.25, -0.2) is 0 Å². The quantitative estimate of drug-likeness (QED) is 0.826. The molecular weight excluding hydrogens is 310 g/mol. The van der Waals surface area contributed by atoms with Crippen molar-refractivity contribution in [1.29, 1.82) is 0 Å². The molecule has 1 aliphatic heterocycles. The number of carbonyl (C=O) groups excluding carboxylic acids is 1. The number of benzene rings is 1. The number of carboxylic acid groups (broad SMARTS) is 1. The highest BCUT2D eigenvalue weighted by Crippen LogP contribution is 2.32. The van der Waals surface area contributed by atoms with Gasteiger partial charge in [0.2, 0.25) is 0 Å². The van der Waals surface area contributed by atoms with Crippen molar-refractivity contribution in [2.45, 2.75) is 32.8 Å². The molecule has 0 aliphatic carbocycles. The third kappa shape index (κ3) is 3.70. The smallest absolute Gasteiger partial charge is 0.313 e. The van der Waals surface area contributed by atoms with Gasteiger partial charge < -0.3 is 19.5 Å². The predicted molar refractivity (Wildman–Crippen MR) is 89.0 cm³/mol. The van der Waals surface area contributed by atoms with Crippen LogP contribution in [0.1, 0.15) is 25.3 Å². The number of para-hydroxylation sites is 1. The topological polar surface area (TPSA) is 76.1 Å². The summed E-state index contributed by atoms with van der Waals surface area (Å²) in [5.41, 5.74) is -0.0600. The standard InChI is InChI=1S/C18H25NO5/c1-4-14(24-15-8-6-5-7-13(15)2)16(20)19-10-9-18(11-19,12-23-3)17(21)22/h5-8,14H,4,9-12H2,1-3H3,(H,21,22). The molecule has 1 heterocycles. The molecule has 1 N–H and O–H groups in total. The molecule has 132 valence electrons. The molecule has 2 atom stereocenters. The second-order valence-electron chi connectivity index (χ2n) is 6.31. The number of methoxy groups -OCH3 is 1. The fourth-order valence-electron chi connectivity index (χ4n) is 3.04. The number of carboxylic acids is 1. The summed E-state index contributed by atoms with van der Waals surface area (Å²) in [6, 6.07) is 7.54. The summed E-state index contributed by atoms with van der Waals surface area (Å²) in [4.78, 5) is 26.0. The second kappa shape index (κ2) is 7.66. The van der Waals surface area contributed by atoms with E-state index in [1.54, 1.807) is 4.90 Å². The lowest BCUT2D eigenvalue weighted by Gasteiger charge is -2.26. The van der Waals surface area contributed by atoms with Gasteiger partial charge in [-0.3, -0.25) is 9.59 Å². The number of amides is 1. The number of aliphatic carboxylic acids is 1. The molecule has 1 saturated heterocycles. The van der Waals surface area contributed by atoms with E-state index in [0.29, 0.717) is 25.1 Å². The molecule has 1 aromatic carbocycles. The van der Waals surface area contributed by atoms with Crippen molar-refractivity contribution >= 4 is 11.9 Å². The van der Waals surface area contributed by atoms with E-state index in [1.165, 1.54) is 7.11 Å². The highest BCUT2D eigenvalue weighted by atomic mass is 16.5. The summed E-state index contributed by atoms with van der Waals surface area (Å²) >= 11 is 0. The van der Waals surface area contributed by atoms with Crippen molar-refractivity contribution in [3.05, 3.63) is 29.8 Å². The molecule has 6 heteroatoms. The van der Waals surface area contributed by atoms with Gasteiger partial charge in [0.15, 0.2) is 6.10 Å². The maximum atomic E-state index is 12.8. The molecule has 0 radical (unpaired) electrons. The van der Waals surface area contributed by atoms with Crippen LogP contribution in [-0.2, 0) is 14.3 Å². The van der Waals surface area contributed by atoms with Gasteiger partial charge in [-0.05, 0) is 31.4 Å². The van der Waals surface area contributed by atoms with Crippen molar-refractivity contribution in [3.8, 4) is 5.75 Å². The Morgan fingerprint density at radius 2 is 2.08 bits per heavy atom. The molecular formula is C18H25NO5. The number of carbonyl (C=O) groups is 2. The summed E-state index contributed by atoms with van der Waals surface area (Å²) in [7, 11) is 1.48. The van der Waals surface area contributed by atoms with Crippen LogP contribution in [0.3, 0.4) is 0 Å². The first-order valence-electron chi connectivity index (χ1n) is 8.17. The Kier molecular flexibility index (Phi) is 5.83. The van der Waals surface area contributed by atoms with E-state index in [-0.39, 0.29) is 19.1 Å². The van der Waals surface area contributed by atoms with Crippen LogP contribution < -0.4 is 4.74 Å². The molecule has 1 amide bonds. The Bertz CT molecular complexity index is 603. The summed E-state index contributed by atoms with van der Waals surface area (Å²) in [5.74, 6) is -0.411. The van der Waals surface area contributed by atoms with Crippen molar-refractivity contribution in [3.63, 3.8) is 0 Å². The Morgan fingerprint density at radius 3 is 2.67 bits per heavy atom. The van der Waals surface area contributed by atoms with E-state index < -0.39 is 17.5 Å². The number of rotatable bonds is 7. The zero-order chi connectivity index (χ0) is 17.7. The summed E-state index contributed by atoms with van der Waals surface area (Å²) in [5, 5.41) is 9.51. The van der Waals surface area contributed by atoms with E-state index in [1.807, 2.05) is 38.1 Å². The lowest BCUT2D eigenvalue weighted by Crippen LogP contribution is -2.44. The molecule has 2 rings (SSSR count). The lowest BCUT2D eigenvalue weighted by molar-refractivity contribution is -0.152. The van der Waals surface area contributed by atoms with Crippen molar-refractivity contribution in [1.82, 2.24) is 4.90 Å². The minimum absolute atomic E-state index is 0.0988. The lowest BCUT2D eigenvalue weighted by atomic mass is 9.88. The minimum atomic E-state index is -1.02. The molecule has 0 saturated carbocycles. The van der Waals surface area contributed by atoms with Gasteiger partial charge in [-0.2, -0.15) is 0 Å². The number of nitrogens with zero attached hydrogens (tertiary/aromatic N) is 1. The number of hydrogen-bond donors (Lipinski definition) is 1. The average molecular weight is 335 g/mol. The largest absolute Gasteiger partial charge is 0.481 e. The van der Waals surface area contributed by atoms with Gasteiger partial charge in [0.25, 0.3) is 5.91 Å². The van der Waals surface area contributed by atoms with Gasteiger partial charge in [-0.1, -0.05) is 25.1 Å². The molecule has 6 nitrogen and oxygen atoms in total. The monoisotopic (exact) mass is 335 g/mol. The van der Waals surface area contributed by atoms with Gasteiger partial charge in [0.05, 0.1) is 6.61 Å². The van der Waals surface area contributed by atoms with E-state index in [4.69, 9.17) is 9.47 Å². The first kappa shape index (κ1) is 18.3. The third-order valence-electron chi connectivity index (χ3n) is 4.55. The minimum Gasteiger partial charge on any atom is -0.481 e. The van der Waals surface area contributed by atoms with Gasteiger partial charge in [0, 0.05) is 20.2 Å². The van der Waals surface area contributed by atoms with Crippen molar-refractivity contribution in [2.75, 3.05) is 26.8 Å². The van der Waals surface area contributed by atoms with Crippen molar-refractivity contribution in [2.24, 2.45) is 5.41 Å². The third-order valence-corrected chi connectivity index (χ3v) is 4.55. The first-order chi connectivity index (χ1) is 11.4. The zero-order valence-electron chi connectivity index (χ0n) is 14.4. The van der Waals surface area contributed by atoms with Crippen molar-refractivity contribution < 1.29 is 24.2 Å². The van der Waals surface area contributed by atoms with Gasteiger partial charge in [-0.15, -0.1) is 0 Å². The maximum absolute atomic E-state index is 12.8. The predicted octanol–water partition coefficient (Wildman–Crippen LogP) is 2.10. The zero-order valence-corrected chi connectivity index (χ0v) is 14.4. The van der Waals surface area contributed by atoms with Gasteiger partial charge >= 0.3 is 5.97 Å². The fourth-order valence-corrected chi connectivity index (χ4v) is 3.04. The van der Waals surface area contributed by atoms with Crippen LogP contribution in [0, 0.1) is 12.3 Å². The van der Waals surface area contributed by atoms with Crippen LogP contribution in [0.15, 0.2) is 24.3 Å². The van der Waals surface area contributed by atoms with Crippen LogP contribution >= 0.6 is 0 Å². The van der Waals surface area contributed by atoms with E-state index in [0.717, 1.165) is 5.56 Å². The second-order valence-corrected chi connectivity index (χ2v) is 6.31. The molecule has 1 fully saturated rings. The number of likely N-dealkylation sites (tertiary alicyclic amines) is 1. The average Bonchev–Trinajstić information content (AvgIpc) is 2.99. The van der Waals surface area contributed by atoms with E-state index in [9.17, 15) is 14.7 Å². The first-order valence-corrected chi connectivity index (χ1v) is 8.17. The normalized spacial score (nSPS) is 21.5. The van der Waals surface area contributed by atoms with Crippen LogP contribution in [-0.4, -0.2) is 54.8 Å². The summed E-state index contributed by atoms with van der Waals surface area (Å²) < 4.78 is 11.0. The van der Waals surface area contributed by atoms with E-state index >= 15 is 0 Å². The number of hydrogen-bond acceptors (Lipinski definition) is 4. The Hall–Kier alpha value is -2.08. The van der Waals surface area contributed by atoms with Crippen LogP contribution in [0.25, 0.3) is 0 Å². The number of aryl methyl sites for hydroxylation is 1. The Morgan fingerprint density at radius 1 is 1.38 bits per heavy atom. The molecule has 1 aromatic rings. The fraction of sp³-hybridized carbons (Fsp3) is 0.556. The molecule has 1 aliphatic rings. The molecule has 0 bridgehead atoms. The molecule has 0 spiro atoms. The SMILES string of the molecule is CCC(Oc1ccccc1C)C(=O)N1CCC(COC)(C(=O)O)C1. The highest BCUT2D eigenvalue weighted by molar-refractivity contribution is 5.84. The highest BCUT2D eigenvalue weighted by Gasteiger charge is 2.47. The van der Waals surface area contributed by atoms with E-state index in [2.05, 4.69) is 0 Å². The molecule has 24 heavy (non-hydrogen) atoms. The summed E-state index contributed by atoms with van der Waals surface area (Å²) in [6.45, 7) is 4.47. The molecule has 2 unspecified atom stereocenters. The van der Waals surface area contributed by atoms with Crippen LogP contribution in [0.4, 0.5) is 0 Å². The summed E-state index contributed by atoms with van der Waals surface area (Å²) in [6.07, 6.45) is 0.301. The number of ether oxygens (including phenoxy) is 2. The van der Waals surface area contributed by atoms with Gasteiger partial charge in [0.1, 0.15) is 11.2 Å². The van der Waals surface area contributed by atoms with Crippen LogP contribution in [0.5, 0.6) is 5.75 Å². The van der Waals surface area contributed by atoms with Crippen LogP contribution in [0.2, 0.25) is 0 Å². The Labute approximate surface area is 142 Å². The molecule has 0 aromatic heterocycles. The Balaban J connectivity index is 2.09. The maximum Gasteiger partial charge on any atom is 0.313 e.